The van der Waals surface area contributed by atoms with Gasteiger partial charge in [0, 0.05) is 24.8 Å². The van der Waals surface area contributed by atoms with E-state index in [0.717, 1.165) is 11.1 Å². The molecule has 124 valence electrons. The van der Waals surface area contributed by atoms with E-state index in [0.29, 0.717) is 37.4 Å². The highest BCUT2D eigenvalue weighted by molar-refractivity contribution is 5.95. The molecule has 0 radical (unpaired) electrons. The highest BCUT2D eigenvalue weighted by atomic mass is 16.5. The summed E-state index contributed by atoms with van der Waals surface area (Å²) in [5, 5.41) is 16.9. The molecule has 1 aliphatic heterocycles. The Hall–Kier alpha value is -2.72. The summed E-state index contributed by atoms with van der Waals surface area (Å²) in [6.07, 6.45) is 3.29. The summed E-state index contributed by atoms with van der Waals surface area (Å²) >= 11 is 0. The lowest BCUT2D eigenvalue weighted by Gasteiger charge is -2.33. The number of benzene rings is 1. The van der Waals surface area contributed by atoms with Gasteiger partial charge in [0.15, 0.2) is 0 Å². The summed E-state index contributed by atoms with van der Waals surface area (Å²) in [6.45, 7) is 5.85. The van der Waals surface area contributed by atoms with Crippen molar-refractivity contribution in [3.05, 3.63) is 46.8 Å². The largest absolute Gasteiger partial charge is 0.373 e. The smallest absolute Gasteiger partial charge is 0.254 e. The minimum Gasteiger partial charge on any atom is -0.373 e. The van der Waals surface area contributed by atoms with Gasteiger partial charge in [-0.15, -0.1) is 5.10 Å². The fourth-order valence-corrected chi connectivity index (χ4v) is 3.00. The number of nitriles is 1. The van der Waals surface area contributed by atoms with Crippen LogP contribution in [-0.2, 0) is 11.3 Å². The Balaban J connectivity index is 1.74. The summed E-state index contributed by atoms with van der Waals surface area (Å²) in [4.78, 5) is 14.6. The number of ether oxygens (including phenoxy) is 1. The number of nitrogens with zero attached hydrogens (tertiary/aromatic N) is 5. The predicted octanol–water partition coefficient (Wildman–Crippen LogP) is 1.31. The van der Waals surface area contributed by atoms with Crippen LogP contribution in [0.5, 0.6) is 0 Å². The number of hydrogen-bond acceptors (Lipinski definition) is 5. The summed E-state index contributed by atoms with van der Waals surface area (Å²) in [5.41, 5.74) is 2.91. The van der Waals surface area contributed by atoms with Gasteiger partial charge in [-0.2, -0.15) is 5.26 Å². The molecule has 0 spiro atoms. The van der Waals surface area contributed by atoms with Crippen molar-refractivity contribution >= 4 is 5.91 Å². The van der Waals surface area contributed by atoms with Crippen LogP contribution in [0.4, 0.5) is 0 Å². The molecular formula is C17H19N5O2. The minimum atomic E-state index is -0.107. The van der Waals surface area contributed by atoms with Gasteiger partial charge < -0.3 is 9.64 Å². The first-order valence-corrected chi connectivity index (χ1v) is 7.85. The van der Waals surface area contributed by atoms with Crippen LogP contribution in [0.25, 0.3) is 0 Å². The summed E-state index contributed by atoms with van der Waals surface area (Å²) in [7, 11) is 0. The van der Waals surface area contributed by atoms with Crippen molar-refractivity contribution in [3.8, 4) is 6.07 Å². The number of carbonyl (C=O) groups is 1. The van der Waals surface area contributed by atoms with Gasteiger partial charge in [0.05, 0.1) is 37.1 Å². The average molecular weight is 325 g/mol. The Morgan fingerprint density at radius 3 is 2.79 bits per heavy atom. The Morgan fingerprint density at radius 1 is 1.42 bits per heavy atom. The molecule has 24 heavy (non-hydrogen) atoms. The van der Waals surface area contributed by atoms with E-state index in [2.05, 4.69) is 16.4 Å². The van der Waals surface area contributed by atoms with Gasteiger partial charge in [0.25, 0.3) is 5.91 Å². The van der Waals surface area contributed by atoms with Crippen LogP contribution in [0.3, 0.4) is 0 Å². The summed E-state index contributed by atoms with van der Waals surface area (Å²) in [6, 6.07) is 5.76. The van der Waals surface area contributed by atoms with E-state index < -0.39 is 0 Å². The lowest BCUT2D eigenvalue weighted by Crippen LogP contribution is -2.47. The van der Waals surface area contributed by atoms with E-state index in [4.69, 9.17) is 10.00 Å². The van der Waals surface area contributed by atoms with Crippen LogP contribution in [0.15, 0.2) is 24.5 Å². The van der Waals surface area contributed by atoms with Crippen molar-refractivity contribution in [2.24, 2.45) is 0 Å². The molecule has 1 atom stereocenters. The number of morpholine rings is 1. The zero-order valence-electron chi connectivity index (χ0n) is 13.8. The zero-order valence-corrected chi connectivity index (χ0v) is 13.8. The second-order valence-corrected chi connectivity index (χ2v) is 5.97. The molecule has 1 aliphatic rings. The number of aryl methyl sites for hydroxylation is 2. The van der Waals surface area contributed by atoms with Gasteiger partial charge >= 0.3 is 0 Å². The van der Waals surface area contributed by atoms with Crippen molar-refractivity contribution in [2.75, 3.05) is 19.7 Å². The maximum absolute atomic E-state index is 12.8. The molecule has 0 aliphatic carbocycles. The Kier molecular flexibility index (Phi) is 4.58. The molecule has 0 saturated carbocycles. The van der Waals surface area contributed by atoms with E-state index >= 15 is 0 Å². The normalized spacial score (nSPS) is 17.5. The SMILES string of the molecule is Cc1cc(C(=O)N2CCOC(Cn3ccnn3)C2)cc(C)c1C#N. The van der Waals surface area contributed by atoms with Crippen LogP contribution in [0, 0.1) is 25.2 Å². The van der Waals surface area contributed by atoms with Crippen molar-refractivity contribution < 1.29 is 9.53 Å². The molecule has 1 amide bonds. The highest BCUT2D eigenvalue weighted by Crippen LogP contribution is 2.18. The molecule has 2 heterocycles. The van der Waals surface area contributed by atoms with Gasteiger partial charge in [-0.25, -0.2) is 4.68 Å². The van der Waals surface area contributed by atoms with Crippen molar-refractivity contribution in [1.29, 1.82) is 5.26 Å². The third-order valence-electron chi connectivity index (χ3n) is 4.18. The number of carbonyl (C=O) groups excluding carboxylic acids is 1. The van der Waals surface area contributed by atoms with Gasteiger partial charge in [0.2, 0.25) is 0 Å². The average Bonchev–Trinajstić information content (AvgIpc) is 3.07. The van der Waals surface area contributed by atoms with Gasteiger partial charge in [-0.3, -0.25) is 4.79 Å². The quantitative estimate of drug-likeness (QED) is 0.849. The fraction of sp³-hybridized carbons (Fsp3) is 0.412. The maximum Gasteiger partial charge on any atom is 0.254 e. The molecule has 1 aromatic carbocycles. The first-order chi connectivity index (χ1) is 11.6. The van der Waals surface area contributed by atoms with Crippen molar-refractivity contribution in [3.63, 3.8) is 0 Å². The zero-order chi connectivity index (χ0) is 17.1. The van der Waals surface area contributed by atoms with E-state index in [-0.39, 0.29) is 12.0 Å². The van der Waals surface area contributed by atoms with Gasteiger partial charge in [-0.05, 0) is 37.1 Å². The third-order valence-corrected chi connectivity index (χ3v) is 4.18. The van der Waals surface area contributed by atoms with E-state index in [1.807, 2.05) is 13.8 Å². The number of aromatic nitrogens is 3. The number of amides is 1. The Labute approximate surface area is 140 Å². The third kappa shape index (κ3) is 3.29. The molecular weight excluding hydrogens is 306 g/mol. The number of rotatable bonds is 3. The molecule has 0 bridgehead atoms. The molecule has 0 N–H and O–H groups in total. The van der Waals surface area contributed by atoms with Crippen LogP contribution in [0.2, 0.25) is 0 Å². The second-order valence-electron chi connectivity index (χ2n) is 5.97. The fourth-order valence-electron chi connectivity index (χ4n) is 3.00. The van der Waals surface area contributed by atoms with Crippen molar-refractivity contribution in [1.82, 2.24) is 19.9 Å². The Morgan fingerprint density at radius 2 is 2.17 bits per heavy atom. The monoisotopic (exact) mass is 325 g/mol. The molecule has 1 aromatic heterocycles. The molecule has 7 heteroatoms. The predicted molar refractivity (Wildman–Crippen MR) is 86.3 cm³/mol. The van der Waals surface area contributed by atoms with Crippen LogP contribution in [-0.4, -0.2) is 51.6 Å². The van der Waals surface area contributed by atoms with E-state index in [1.54, 1.807) is 34.1 Å². The lowest BCUT2D eigenvalue weighted by molar-refractivity contribution is -0.0301. The van der Waals surface area contributed by atoms with Crippen LogP contribution >= 0.6 is 0 Å². The topological polar surface area (TPSA) is 84.0 Å². The molecule has 7 nitrogen and oxygen atoms in total. The standard InChI is InChI=1S/C17H19N5O2/c1-12-7-14(8-13(2)16(12)9-18)17(23)21-5-6-24-15(10-21)11-22-4-3-19-20-22/h3-4,7-8,15H,5-6,10-11H2,1-2H3. The Bertz CT molecular complexity index is 756. The van der Waals surface area contributed by atoms with Crippen LogP contribution in [0.1, 0.15) is 27.0 Å². The molecule has 3 rings (SSSR count). The van der Waals surface area contributed by atoms with E-state index in [1.165, 1.54) is 0 Å². The maximum atomic E-state index is 12.8. The molecule has 1 unspecified atom stereocenters. The first kappa shape index (κ1) is 16.1. The minimum absolute atomic E-state index is 0.0300. The summed E-state index contributed by atoms with van der Waals surface area (Å²) in [5.74, 6) is -0.0300. The van der Waals surface area contributed by atoms with Crippen LogP contribution < -0.4 is 0 Å². The number of hydrogen-bond donors (Lipinski definition) is 0. The molecule has 1 fully saturated rings. The molecule has 1 saturated heterocycles. The lowest BCUT2D eigenvalue weighted by atomic mass is 9.99. The first-order valence-electron chi connectivity index (χ1n) is 7.85. The van der Waals surface area contributed by atoms with E-state index in [9.17, 15) is 4.79 Å². The van der Waals surface area contributed by atoms with Crippen molar-refractivity contribution in [2.45, 2.75) is 26.5 Å². The van der Waals surface area contributed by atoms with Gasteiger partial charge in [-0.1, -0.05) is 5.21 Å². The second kappa shape index (κ2) is 6.81. The summed E-state index contributed by atoms with van der Waals surface area (Å²) < 4.78 is 7.43. The molecule has 2 aromatic rings. The highest BCUT2D eigenvalue weighted by Gasteiger charge is 2.26. The van der Waals surface area contributed by atoms with Gasteiger partial charge in [0.1, 0.15) is 0 Å².